The first-order chi connectivity index (χ1) is 16.5. The van der Waals surface area contributed by atoms with Gasteiger partial charge in [0.1, 0.15) is 6.04 Å². The van der Waals surface area contributed by atoms with Crippen LogP contribution in [0.5, 0.6) is 0 Å². The Morgan fingerprint density at radius 2 is 1.77 bits per heavy atom. The minimum atomic E-state index is -1.04. The van der Waals surface area contributed by atoms with Gasteiger partial charge in [0.15, 0.2) is 5.16 Å². The first-order valence-corrected chi connectivity index (χ1v) is 12.0. The lowest BCUT2D eigenvalue weighted by molar-refractivity contribution is -0.384. The number of fused-ring (bicyclic) bond motifs is 2. The Hall–Kier alpha value is -3.73. The summed E-state index contributed by atoms with van der Waals surface area (Å²) in [6.45, 7) is 5.63. The zero-order valence-electron chi connectivity index (χ0n) is 19.4. The molecule has 1 unspecified atom stereocenters. The standard InChI is InChI=1S/C24H24N4O6S/c1-24(2,3)19(22(31)32)27-18-10-9-14(28(33)34)13-17(18)25-23(27)35-12-6-11-26-20(29)15-7-4-5-8-16(15)21(26)30/h4-5,7-10,13,19H,6,11-12H2,1-3H3,(H,31,32). The molecule has 11 heteroatoms. The Labute approximate surface area is 205 Å². The van der Waals surface area contributed by atoms with Crippen LogP contribution in [0.3, 0.4) is 0 Å². The third-order valence-electron chi connectivity index (χ3n) is 5.80. The van der Waals surface area contributed by atoms with Crippen LogP contribution in [-0.4, -0.2) is 54.6 Å². The van der Waals surface area contributed by atoms with Gasteiger partial charge in [-0.3, -0.25) is 24.6 Å². The summed E-state index contributed by atoms with van der Waals surface area (Å²) >= 11 is 1.29. The number of nitro benzene ring substituents is 1. The molecule has 10 nitrogen and oxygen atoms in total. The fourth-order valence-corrected chi connectivity index (χ4v) is 5.19. The van der Waals surface area contributed by atoms with Crippen molar-refractivity contribution < 1.29 is 24.4 Å². The second kappa shape index (κ2) is 9.14. The second-order valence-electron chi connectivity index (χ2n) is 9.31. The Kier molecular flexibility index (Phi) is 6.37. The van der Waals surface area contributed by atoms with E-state index in [1.54, 1.807) is 49.6 Å². The molecule has 2 heterocycles. The number of hydrogen-bond acceptors (Lipinski definition) is 7. The van der Waals surface area contributed by atoms with E-state index < -0.39 is 22.3 Å². The monoisotopic (exact) mass is 496 g/mol. The summed E-state index contributed by atoms with van der Waals surface area (Å²) in [6.07, 6.45) is 0.465. The Morgan fingerprint density at radius 1 is 1.14 bits per heavy atom. The fourth-order valence-electron chi connectivity index (χ4n) is 4.23. The zero-order valence-corrected chi connectivity index (χ0v) is 20.2. The number of rotatable bonds is 8. The van der Waals surface area contributed by atoms with E-state index in [1.807, 2.05) is 0 Å². The molecular formula is C24H24N4O6S. The second-order valence-corrected chi connectivity index (χ2v) is 10.4. The molecule has 2 amide bonds. The van der Waals surface area contributed by atoms with Crippen LogP contribution in [0.15, 0.2) is 47.6 Å². The minimum absolute atomic E-state index is 0.132. The van der Waals surface area contributed by atoms with Crippen LogP contribution in [0, 0.1) is 15.5 Å². The molecule has 2 aromatic carbocycles. The highest BCUT2D eigenvalue weighted by molar-refractivity contribution is 7.99. The molecule has 1 aromatic heterocycles. The molecule has 1 aliphatic rings. The van der Waals surface area contributed by atoms with Crippen molar-refractivity contribution in [3.63, 3.8) is 0 Å². The van der Waals surface area contributed by atoms with Crippen LogP contribution in [0.1, 0.15) is 53.9 Å². The van der Waals surface area contributed by atoms with Crippen molar-refractivity contribution in [1.82, 2.24) is 14.5 Å². The van der Waals surface area contributed by atoms with E-state index in [4.69, 9.17) is 0 Å². The number of hydrogen-bond donors (Lipinski definition) is 1. The fraction of sp³-hybridized carbons (Fsp3) is 0.333. The molecule has 0 saturated heterocycles. The molecule has 1 aliphatic heterocycles. The highest BCUT2D eigenvalue weighted by atomic mass is 32.2. The minimum Gasteiger partial charge on any atom is -0.480 e. The molecule has 1 atom stereocenters. The largest absolute Gasteiger partial charge is 0.480 e. The van der Waals surface area contributed by atoms with E-state index in [9.17, 15) is 29.6 Å². The maximum Gasteiger partial charge on any atom is 0.327 e. The van der Waals surface area contributed by atoms with Gasteiger partial charge in [0.25, 0.3) is 17.5 Å². The van der Waals surface area contributed by atoms with E-state index in [2.05, 4.69) is 4.98 Å². The summed E-state index contributed by atoms with van der Waals surface area (Å²) in [5, 5.41) is 21.6. The smallest absolute Gasteiger partial charge is 0.327 e. The number of nitrogens with zero attached hydrogens (tertiary/aromatic N) is 4. The van der Waals surface area contributed by atoms with Gasteiger partial charge in [0.05, 0.1) is 27.1 Å². The van der Waals surface area contributed by atoms with Crippen molar-refractivity contribution in [1.29, 1.82) is 0 Å². The molecule has 1 N–H and O–H groups in total. The zero-order chi connectivity index (χ0) is 25.5. The number of carbonyl (C=O) groups excluding carboxylic acids is 2. The molecule has 0 spiro atoms. The maximum absolute atomic E-state index is 12.6. The number of aromatic nitrogens is 2. The highest BCUT2D eigenvalue weighted by Crippen LogP contribution is 2.38. The van der Waals surface area contributed by atoms with E-state index in [-0.39, 0.29) is 24.0 Å². The van der Waals surface area contributed by atoms with Gasteiger partial charge in [0, 0.05) is 24.4 Å². The summed E-state index contributed by atoms with van der Waals surface area (Å²) in [4.78, 5) is 53.8. The van der Waals surface area contributed by atoms with Gasteiger partial charge in [-0.15, -0.1) is 0 Å². The number of carboxylic acids is 1. The van der Waals surface area contributed by atoms with E-state index in [1.165, 1.54) is 34.9 Å². The normalized spacial score (nSPS) is 14.4. The van der Waals surface area contributed by atoms with Crippen LogP contribution >= 0.6 is 11.8 Å². The van der Waals surface area contributed by atoms with Gasteiger partial charge in [-0.05, 0) is 30.0 Å². The lowest BCUT2D eigenvalue weighted by Crippen LogP contribution is -2.32. The molecule has 4 rings (SSSR count). The van der Waals surface area contributed by atoms with Gasteiger partial charge >= 0.3 is 5.97 Å². The van der Waals surface area contributed by atoms with Crippen LogP contribution in [0.4, 0.5) is 5.69 Å². The number of amides is 2. The Morgan fingerprint density at radius 3 is 2.31 bits per heavy atom. The van der Waals surface area contributed by atoms with Gasteiger partial charge in [0.2, 0.25) is 0 Å². The van der Waals surface area contributed by atoms with Crippen molar-refractivity contribution in [3.05, 3.63) is 63.7 Å². The summed E-state index contributed by atoms with van der Waals surface area (Å²) in [5.41, 5.74) is 0.799. The summed E-state index contributed by atoms with van der Waals surface area (Å²) < 4.78 is 1.61. The third kappa shape index (κ3) is 4.51. The predicted octanol–water partition coefficient (Wildman–Crippen LogP) is 4.39. The molecule has 35 heavy (non-hydrogen) atoms. The van der Waals surface area contributed by atoms with Crippen LogP contribution < -0.4 is 0 Å². The highest BCUT2D eigenvalue weighted by Gasteiger charge is 2.37. The van der Waals surface area contributed by atoms with Crippen molar-refractivity contribution in [2.75, 3.05) is 12.3 Å². The molecular weight excluding hydrogens is 472 g/mol. The summed E-state index contributed by atoms with van der Waals surface area (Å²) in [7, 11) is 0. The number of thioether (sulfide) groups is 1. The van der Waals surface area contributed by atoms with Gasteiger partial charge < -0.3 is 9.67 Å². The quantitative estimate of drug-likeness (QED) is 0.159. The lowest BCUT2D eigenvalue weighted by atomic mass is 9.86. The van der Waals surface area contributed by atoms with E-state index in [0.717, 1.165) is 0 Å². The summed E-state index contributed by atoms with van der Waals surface area (Å²) in [5.74, 6) is -1.24. The van der Waals surface area contributed by atoms with Crippen LogP contribution in [0.25, 0.3) is 11.0 Å². The average molecular weight is 497 g/mol. The number of non-ortho nitro benzene ring substituents is 1. The molecule has 0 bridgehead atoms. The van der Waals surface area contributed by atoms with Crippen molar-refractivity contribution in [2.24, 2.45) is 5.41 Å². The number of imide groups is 1. The topological polar surface area (TPSA) is 136 Å². The first-order valence-electron chi connectivity index (χ1n) is 11.0. The molecule has 3 aromatic rings. The van der Waals surface area contributed by atoms with Crippen LogP contribution in [0.2, 0.25) is 0 Å². The maximum atomic E-state index is 12.6. The van der Waals surface area contributed by atoms with Gasteiger partial charge in [-0.2, -0.15) is 0 Å². The van der Waals surface area contributed by atoms with Crippen molar-refractivity contribution in [3.8, 4) is 0 Å². The van der Waals surface area contributed by atoms with Crippen molar-refractivity contribution >= 4 is 46.3 Å². The summed E-state index contributed by atoms with van der Waals surface area (Å²) in [6, 6.07) is 9.90. The van der Waals surface area contributed by atoms with Crippen molar-refractivity contribution in [2.45, 2.75) is 38.4 Å². The Bertz CT molecular complexity index is 1320. The number of aliphatic carboxylic acids is 1. The van der Waals surface area contributed by atoms with Crippen LogP contribution in [-0.2, 0) is 4.79 Å². The van der Waals surface area contributed by atoms with Gasteiger partial charge in [-0.25, -0.2) is 9.78 Å². The van der Waals surface area contributed by atoms with E-state index >= 15 is 0 Å². The number of nitro groups is 1. The Balaban J connectivity index is 1.58. The SMILES string of the molecule is CC(C)(C)C(C(=O)O)n1c(SCCCN2C(=O)c3ccccc3C2=O)nc2cc([N+](=O)[O-])ccc21. The third-order valence-corrected chi connectivity index (χ3v) is 6.84. The molecule has 0 fully saturated rings. The number of benzene rings is 2. The molecule has 0 radical (unpaired) electrons. The number of carboxylic acid groups (broad SMARTS) is 1. The molecule has 0 saturated carbocycles. The average Bonchev–Trinajstić information content (AvgIpc) is 3.25. The van der Waals surface area contributed by atoms with E-state index in [0.29, 0.717) is 39.5 Å². The number of carbonyl (C=O) groups is 3. The van der Waals surface area contributed by atoms with Gasteiger partial charge in [-0.1, -0.05) is 44.7 Å². The lowest BCUT2D eigenvalue weighted by Gasteiger charge is -2.29. The predicted molar refractivity (Wildman–Crippen MR) is 130 cm³/mol. The number of imidazole rings is 1. The molecule has 182 valence electrons. The first kappa shape index (κ1) is 24.4. The molecule has 0 aliphatic carbocycles.